The molecule has 0 saturated carbocycles. The van der Waals surface area contributed by atoms with E-state index in [2.05, 4.69) is 15.0 Å². The minimum Gasteiger partial charge on any atom is -0.346 e. The Hall–Kier alpha value is -2.69. The monoisotopic (exact) mass is 292 g/mol. The zero-order valence-electron chi connectivity index (χ0n) is 12.3. The predicted octanol–water partition coefficient (Wildman–Crippen LogP) is 2.53. The van der Waals surface area contributed by atoms with Crippen LogP contribution in [-0.4, -0.2) is 32.3 Å². The van der Waals surface area contributed by atoms with Gasteiger partial charge in [0.2, 0.25) is 5.91 Å². The first-order valence-corrected chi connectivity index (χ1v) is 7.38. The van der Waals surface area contributed by atoms with Crippen molar-refractivity contribution in [2.24, 2.45) is 0 Å². The molecule has 0 aromatic carbocycles. The fraction of sp³-hybridized carbons (Fsp3) is 0.235. The Kier molecular flexibility index (Phi) is 2.92. The zero-order chi connectivity index (χ0) is 15.1. The first kappa shape index (κ1) is 13.0. The van der Waals surface area contributed by atoms with Crippen molar-refractivity contribution in [3.63, 3.8) is 0 Å². The summed E-state index contributed by atoms with van der Waals surface area (Å²) in [6, 6.07) is 3.99. The average Bonchev–Trinajstić information content (AvgIpc) is 2.99. The van der Waals surface area contributed by atoms with Crippen molar-refractivity contribution in [1.82, 2.24) is 19.9 Å². The number of fused-ring (bicyclic) bond motifs is 3. The van der Waals surface area contributed by atoms with Crippen LogP contribution in [-0.2, 0) is 17.8 Å². The van der Waals surface area contributed by atoms with E-state index in [1.165, 1.54) is 11.1 Å². The van der Waals surface area contributed by atoms with E-state index >= 15 is 0 Å². The van der Waals surface area contributed by atoms with Crippen molar-refractivity contribution in [1.29, 1.82) is 0 Å². The highest BCUT2D eigenvalue weighted by Gasteiger charge is 2.23. The molecule has 1 aliphatic heterocycles. The second-order valence-corrected chi connectivity index (χ2v) is 5.61. The molecule has 0 aliphatic carbocycles. The van der Waals surface area contributed by atoms with Gasteiger partial charge in [0, 0.05) is 55.8 Å². The van der Waals surface area contributed by atoms with E-state index in [1.807, 2.05) is 29.4 Å². The number of amides is 1. The van der Waals surface area contributed by atoms with Gasteiger partial charge in [0.15, 0.2) is 0 Å². The Morgan fingerprint density at radius 3 is 2.91 bits per heavy atom. The summed E-state index contributed by atoms with van der Waals surface area (Å²) in [5, 5.41) is 1.12. The van der Waals surface area contributed by atoms with Gasteiger partial charge in [-0.25, -0.2) is 4.98 Å². The van der Waals surface area contributed by atoms with E-state index in [-0.39, 0.29) is 5.91 Å². The third-order valence-corrected chi connectivity index (χ3v) is 4.33. The molecular formula is C17H16N4O. The van der Waals surface area contributed by atoms with Gasteiger partial charge in [0.25, 0.3) is 0 Å². The lowest BCUT2D eigenvalue weighted by molar-refractivity contribution is -0.129. The summed E-state index contributed by atoms with van der Waals surface area (Å²) in [5.74, 6) is 0.122. The van der Waals surface area contributed by atoms with Crippen LogP contribution in [0.25, 0.3) is 22.2 Å². The Bertz CT molecular complexity index is 854. The molecule has 0 spiro atoms. The van der Waals surface area contributed by atoms with Crippen molar-refractivity contribution >= 4 is 16.9 Å². The van der Waals surface area contributed by atoms with E-state index in [4.69, 9.17) is 0 Å². The van der Waals surface area contributed by atoms with E-state index in [0.29, 0.717) is 6.54 Å². The normalized spacial score (nSPS) is 14.1. The number of aromatic nitrogens is 3. The number of hydrogen-bond acceptors (Lipinski definition) is 3. The third kappa shape index (κ3) is 1.97. The number of rotatable bonds is 1. The predicted molar refractivity (Wildman–Crippen MR) is 84.1 cm³/mol. The topological polar surface area (TPSA) is 61.9 Å². The fourth-order valence-corrected chi connectivity index (χ4v) is 3.15. The summed E-state index contributed by atoms with van der Waals surface area (Å²) in [4.78, 5) is 25.5. The summed E-state index contributed by atoms with van der Waals surface area (Å²) >= 11 is 0. The maximum atomic E-state index is 11.7. The van der Waals surface area contributed by atoms with Crippen molar-refractivity contribution in [2.75, 3.05) is 6.54 Å². The van der Waals surface area contributed by atoms with E-state index in [0.717, 1.165) is 35.1 Å². The van der Waals surface area contributed by atoms with E-state index in [9.17, 15) is 4.79 Å². The first-order valence-electron chi connectivity index (χ1n) is 7.38. The lowest BCUT2D eigenvalue weighted by Crippen LogP contribution is -2.34. The Balaban J connectivity index is 1.93. The largest absolute Gasteiger partial charge is 0.346 e. The molecule has 4 heterocycles. The molecule has 0 fully saturated rings. The van der Waals surface area contributed by atoms with Gasteiger partial charge in [0.1, 0.15) is 5.65 Å². The maximum absolute atomic E-state index is 11.7. The number of nitrogens with zero attached hydrogens (tertiary/aromatic N) is 3. The minimum atomic E-state index is 0.122. The smallest absolute Gasteiger partial charge is 0.219 e. The third-order valence-electron chi connectivity index (χ3n) is 4.33. The van der Waals surface area contributed by atoms with Crippen LogP contribution in [0.15, 0.2) is 36.9 Å². The van der Waals surface area contributed by atoms with Crippen LogP contribution in [0.1, 0.15) is 18.1 Å². The highest BCUT2D eigenvalue weighted by atomic mass is 16.2. The summed E-state index contributed by atoms with van der Waals surface area (Å²) in [6.45, 7) is 3.05. The summed E-state index contributed by atoms with van der Waals surface area (Å²) in [5.41, 5.74) is 5.54. The molecule has 4 rings (SSSR count). The van der Waals surface area contributed by atoms with Gasteiger partial charge in [-0.1, -0.05) is 0 Å². The SMILES string of the molecule is CC(=O)N1CCc2cnc3[nH]cc(-c4ccncc4)c3c2C1. The first-order chi connectivity index (χ1) is 10.7. The Morgan fingerprint density at radius 2 is 2.14 bits per heavy atom. The molecule has 110 valence electrons. The molecule has 0 unspecified atom stereocenters. The van der Waals surface area contributed by atoms with Crippen LogP contribution >= 0.6 is 0 Å². The molecule has 1 amide bonds. The summed E-state index contributed by atoms with van der Waals surface area (Å²) in [7, 11) is 0. The van der Waals surface area contributed by atoms with Gasteiger partial charge in [-0.2, -0.15) is 0 Å². The molecule has 1 aliphatic rings. The van der Waals surface area contributed by atoms with Gasteiger partial charge in [-0.15, -0.1) is 0 Å². The van der Waals surface area contributed by atoms with Crippen LogP contribution in [0, 0.1) is 0 Å². The van der Waals surface area contributed by atoms with Gasteiger partial charge in [0.05, 0.1) is 0 Å². The molecule has 3 aromatic rings. The molecule has 0 atom stereocenters. The molecule has 0 radical (unpaired) electrons. The zero-order valence-corrected chi connectivity index (χ0v) is 12.3. The number of H-pyrrole nitrogens is 1. The molecule has 3 aromatic heterocycles. The fourth-order valence-electron chi connectivity index (χ4n) is 3.15. The molecule has 0 bridgehead atoms. The van der Waals surface area contributed by atoms with Gasteiger partial charge >= 0.3 is 0 Å². The quantitative estimate of drug-likeness (QED) is 0.749. The number of aromatic amines is 1. The average molecular weight is 292 g/mol. The van der Waals surface area contributed by atoms with Gasteiger partial charge < -0.3 is 9.88 Å². The molecule has 5 heteroatoms. The standard InChI is InChI=1S/C17H16N4O/c1-11(22)21-7-4-13-8-19-17-16(15(13)10-21)14(9-20-17)12-2-5-18-6-3-12/h2-3,5-6,8-9H,4,7,10H2,1H3,(H,19,20). The molecule has 5 nitrogen and oxygen atoms in total. The molecule has 0 saturated heterocycles. The maximum Gasteiger partial charge on any atom is 0.219 e. The van der Waals surface area contributed by atoms with Gasteiger partial charge in [-0.3, -0.25) is 9.78 Å². The molecule has 22 heavy (non-hydrogen) atoms. The second-order valence-electron chi connectivity index (χ2n) is 5.61. The highest BCUT2D eigenvalue weighted by molar-refractivity contribution is 5.97. The van der Waals surface area contributed by atoms with E-state index in [1.54, 1.807) is 19.3 Å². The van der Waals surface area contributed by atoms with Crippen LogP contribution in [0.5, 0.6) is 0 Å². The number of nitrogens with one attached hydrogen (secondary N) is 1. The minimum absolute atomic E-state index is 0.122. The number of hydrogen-bond donors (Lipinski definition) is 1. The summed E-state index contributed by atoms with van der Waals surface area (Å²) in [6.07, 6.45) is 8.36. The highest BCUT2D eigenvalue weighted by Crippen LogP contribution is 2.34. The molecule has 1 N–H and O–H groups in total. The molecular weight excluding hydrogens is 276 g/mol. The summed E-state index contributed by atoms with van der Waals surface area (Å²) < 4.78 is 0. The van der Waals surface area contributed by atoms with Crippen LogP contribution in [0.2, 0.25) is 0 Å². The number of carbonyl (C=O) groups excluding carboxylic acids is 1. The van der Waals surface area contributed by atoms with Crippen molar-refractivity contribution < 1.29 is 4.79 Å². The van der Waals surface area contributed by atoms with Crippen molar-refractivity contribution in [3.8, 4) is 11.1 Å². The lowest BCUT2D eigenvalue weighted by Gasteiger charge is -2.28. The Labute approximate surface area is 128 Å². The second kappa shape index (κ2) is 4.94. The van der Waals surface area contributed by atoms with Gasteiger partial charge in [-0.05, 0) is 35.2 Å². The van der Waals surface area contributed by atoms with Crippen LogP contribution in [0.4, 0.5) is 0 Å². The number of carbonyl (C=O) groups is 1. The van der Waals surface area contributed by atoms with E-state index < -0.39 is 0 Å². The van der Waals surface area contributed by atoms with Crippen LogP contribution in [0.3, 0.4) is 0 Å². The Morgan fingerprint density at radius 1 is 1.32 bits per heavy atom. The van der Waals surface area contributed by atoms with Crippen molar-refractivity contribution in [2.45, 2.75) is 19.9 Å². The number of pyridine rings is 2. The lowest BCUT2D eigenvalue weighted by atomic mass is 9.95. The van der Waals surface area contributed by atoms with Crippen molar-refractivity contribution in [3.05, 3.63) is 48.0 Å². The van der Waals surface area contributed by atoms with Crippen LogP contribution < -0.4 is 0 Å².